The summed E-state index contributed by atoms with van der Waals surface area (Å²) in [4.78, 5) is 11.4. The highest BCUT2D eigenvalue weighted by molar-refractivity contribution is 6.33. The van der Waals surface area contributed by atoms with Gasteiger partial charge in [0, 0.05) is 0 Å². The van der Waals surface area contributed by atoms with E-state index in [1.165, 1.54) is 0 Å². The van der Waals surface area contributed by atoms with Crippen molar-refractivity contribution < 1.29 is 9.90 Å². The van der Waals surface area contributed by atoms with Gasteiger partial charge in [-0.2, -0.15) is 0 Å². The molecule has 94 valence electrons. The maximum absolute atomic E-state index is 11.4. The van der Waals surface area contributed by atoms with Crippen molar-refractivity contribution in [3.63, 3.8) is 0 Å². The zero-order chi connectivity index (χ0) is 13.1. The number of nitrogen functional groups attached to an aromatic ring is 1. The van der Waals surface area contributed by atoms with Gasteiger partial charge >= 0.3 is 5.97 Å². The molecule has 17 heavy (non-hydrogen) atoms. The van der Waals surface area contributed by atoms with E-state index in [0.717, 1.165) is 5.56 Å². The van der Waals surface area contributed by atoms with Crippen LogP contribution in [0.3, 0.4) is 0 Å². The van der Waals surface area contributed by atoms with Crippen LogP contribution in [0.2, 0.25) is 5.02 Å². The largest absolute Gasteiger partial charge is 0.481 e. The van der Waals surface area contributed by atoms with E-state index in [4.69, 9.17) is 17.3 Å². The summed E-state index contributed by atoms with van der Waals surface area (Å²) >= 11 is 5.84. The van der Waals surface area contributed by atoms with Gasteiger partial charge in [0.15, 0.2) is 0 Å². The summed E-state index contributed by atoms with van der Waals surface area (Å²) < 4.78 is 0. The molecule has 3 nitrogen and oxygen atoms in total. The molecule has 0 saturated carbocycles. The van der Waals surface area contributed by atoms with Crippen molar-refractivity contribution in [2.75, 3.05) is 5.73 Å². The predicted molar refractivity (Wildman–Crippen MR) is 70.2 cm³/mol. The van der Waals surface area contributed by atoms with Crippen LogP contribution in [0.1, 0.15) is 32.3 Å². The van der Waals surface area contributed by atoms with E-state index >= 15 is 0 Å². The van der Waals surface area contributed by atoms with Crippen molar-refractivity contribution in [1.82, 2.24) is 0 Å². The molecule has 0 atom stereocenters. The lowest BCUT2D eigenvalue weighted by atomic mass is 9.77. The molecule has 0 aromatic heterocycles. The number of anilines is 1. The van der Waals surface area contributed by atoms with Gasteiger partial charge in [-0.15, -0.1) is 0 Å². The van der Waals surface area contributed by atoms with Crippen LogP contribution in [0.15, 0.2) is 18.2 Å². The SMILES string of the molecule is CCC(CC)(Cc1ccc(Cl)c(N)c1)C(=O)O. The molecule has 0 unspecified atom stereocenters. The van der Waals surface area contributed by atoms with Gasteiger partial charge in [-0.1, -0.05) is 31.5 Å². The second kappa shape index (κ2) is 5.41. The van der Waals surface area contributed by atoms with E-state index < -0.39 is 11.4 Å². The zero-order valence-electron chi connectivity index (χ0n) is 10.2. The molecule has 0 aliphatic rings. The summed E-state index contributed by atoms with van der Waals surface area (Å²) in [5.41, 5.74) is 6.42. The van der Waals surface area contributed by atoms with E-state index in [1.807, 2.05) is 19.9 Å². The molecule has 0 spiro atoms. The quantitative estimate of drug-likeness (QED) is 0.793. The highest BCUT2D eigenvalue weighted by Crippen LogP contribution is 2.32. The molecule has 4 heteroatoms. The van der Waals surface area contributed by atoms with E-state index in [1.54, 1.807) is 12.1 Å². The summed E-state index contributed by atoms with van der Waals surface area (Å²) in [7, 11) is 0. The van der Waals surface area contributed by atoms with Crippen molar-refractivity contribution in [2.45, 2.75) is 33.1 Å². The molecule has 1 aromatic carbocycles. The number of hydrogen-bond acceptors (Lipinski definition) is 2. The Balaban J connectivity index is 3.01. The smallest absolute Gasteiger partial charge is 0.309 e. The van der Waals surface area contributed by atoms with Gasteiger partial charge in [0.25, 0.3) is 0 Å². The van der Waals surface area contributed by atoms with Crippen LogP contribution in [0, 0.1) is 5.41 Å². The molecule has 1 rings (SSSR count). The van der Waals surface area contributed by atoms with Gasteiger partial charge < -0.3 is 10.8 Å². The third kappa shape index (κ3) is 2.91. The Kier molecular flexibility index (Phi) is 4.40. The van der Waals surface area contributed by atoms with E-state index in [-0.39, 0.29) is 0 Å². The van der Waals surface area contributed by atoms with Crippen molar-refractivity contribution in [1.29, 1.82) is 0 Å². The number of nitrogens with two attached hydrogens (primary N) is 1. The molecule has 0 heterocycles. The maximum atomic E-state index is 11.4. The number of halogens is 1. The first-order valence-electron chi connectivity index (χ1n) is 5.72. The van der Waals surface area contributed by atoms with Gasteiger partial charge in [0.05, 0.1) is 16.1 Å². The van der Waals surface area contributed by atoms with E-state index in [9.17, 15) is 9.90 Å². The van der Waals surface area contributed by atoms with Crippen LogP contribution < -0.4 is 5.73 Å². The molecule has 0 radical (unpaired) electrons. The normalized spacial score (nSPS) is 11.5. The molecule has 0 aliphatic carbocycles. The maximum Gasteiger partial charge on any atom is 0.309 e. The van der Waals surface area contributed by atoms with Crippen molar-refractivity contribution in [2.24, 2.45) is 5.41 Å². The first-order valence-corrected chi connectivity index (χ1v) is 6.10. The van der Waals surface area contributed by atoms with Crippen LogP contribution >= 0.6 is 11.6 Å². The predicted octanol–water partition coefficient (Wildman–Crippen LogP) is 3.36. The van der Waals surface area contributed by atoms with Gasteiger partial charge in [0.2, 0.25) is 0 Å². The van der Waals surface area contributed by atoms with Gasteiger partial charge in [-0.05, 0) is 37.0 Å². The lowest BCUT2D eigenvalue weighted by Crippen LogP contribution is -2.32. The summed E-state index contributed by atoms with van der Waals surface area (Å²) in [5.74, 6) is -0.754. The van der Waals surface area contributed by atoms with Crippen molar-refractivity contribution in [3.8, 4) is 0 Å². The Hall–Kier alpha value is -1.22. The minimum absolute atomic E-state index is 0.483. The number of aliphatic carboxylic acids is 1. The fourth-order valence-corrected chi connectivity index (χ4v) is 2.09. The number of carboxylic acid groups (broad SMARTS) is 1. The highest BCUT2D eigenvalue weighted by atomic mass is 35.5. The highest BCUT2D eigenvalue weighted by Gasteiger charge is 2.34. The fraction of sp³-hybridized carbons (Fsp3) is 0.462. The van der Waals surface area contributed by atoms with E-state index in [0.29, 0.717) is 30.0 Å². The first-order chi connectivity index (χ1) is 7.95. The van der Waals surface area contributed by atoms with Crippen LogP contribution in [-0.4, -0.2) is 11.1 Å². The van der Waals surface area contributed by atoms with Crippen molar-refractivity contribution in [3.05, 3.63) is 28.8 Å². The average molecular weight is 256 g/mol. The molecule has 3 N–H and O–H groups in total. The molecule has 0 fully saturated rings. The van der Waals surface area contributed by atoms with Gasteiger partial charge in [-0.3, -0.25) is 4.79 Å². The lowest BCUT2D eigenvalue weighted by Gasteiger charge is -2.26. The van der Waals surface area contributed by atoms with E-state index in [2.05, 4.69) is 0 Å². The molecular formula is C13H18ClNO2. The Morgan fingerprint density at radius 1 is 1.41 bits per heavy atom. The fourth-order valence-electron chi connectivity index (χ4n) is 1.97. The zero-order valence-corrected chi connectivity index (χ0v) is 10.9. The van der Waals surface area contributed by atoms with Gasteiger partial charge in [-0.25, -0.2) is 0 Å². The number of carboxylic acids is 1. The Labute approximate surface area is 107 Å². The third-order valence-electron chi connectivity index (χ3n) is 3.41. The second-order valence-electron chi connectivity index (χ2n) is 4.33. The van der Waals surface area contributed by atoms with Crippen LogP contribution in [0.4, 0.5) is 5.69 Å². The summed E-state index contributed by atoms with van der Waals surface area (Å²) in [6.45, 7) is 3.80. The molecule has 0 bridgehead atoms. The number of hydrogen-bond donors (Lipinski definition) is 2. The van der Waals surface area contributed by atoms with Crippen LogP contribution in [0.25, 0.3) is 0 Å². The Morgan fingerprint density at radius 3 is 2.41 bits per heavy atom. The molecule has 0 amide bonds. The molecule has 0 aliphatic heterocycles. The monoisotopic (exact) mass is 255 g/mol. The standard InChI is InChI=1S/C13H18ClNO2/c1-3-13(4-2,12(16)17)8-9-5-6-10(14)11(15)7-9/h5-7H,3-4,8,15H2,1-2H3,(H,16,17). The topological polar surface area (TPSA) is 63.3 Å². The van der Waals surface area contributed by atoms with Crippen molar-refractivity contribution >= 4 is 23.3 Å². The molecule has 0 saturated heterocycles. The lowest BCUT2D eigenvalue weighted by molar-refractivity contribution is -0.149. The second-order valence-corrected chi connectivity index (χ2v) is 4.73. The molecule has 1 aromatic rings. The number of carbonyl (C=O) groups is 1. The summed E-state index contributed by atoms with van der Waals surface area (Å²) in [5, 5.41) is 9.85. The minimum Gasteiger partial charge on any atom is -0.481 e. The van der Waals surface area contributed by atoms with Crippen LogP contribution in [0.5, 0.6) is 0 Å². The Bertz CT molecular complexity index is 414. The average Bonchev–Trinajstić information content (AvgIpc) is 2.30. The first kappa shape index (κ1) is 13.8. The molecular weight excluding hydrogens is 238 g/mol. The number of benzene rings is 1. The summed E-state index contributed by atoms with van der Waals surface area (Å²) in [6, 6.07) is 5.30. The third-order valence-corrected chi connectivity index (χ3v) is 3.75. The minimum atomic E-state index is -0.754. The van der Waals surface area contributed by atoms with Gasteiger partial charge in [0.1, 0.15) is 0 Å². The number of rotatable bonds is 5. The summed E-state index contributed by atoms with van der Waals surface area (Å²) in [6.07, 6.45) is 1.68. The van der Waals surface area contributed by atoms with Crippen LogP contribution in [-0.2, 0) is 11.2 Å². The Morgan fingerprint density at radius 2 is 2.00 bits per heavy atom.